The van der Waals surface area contributed by atoms with Crippen LogP contribution in [0.4, 0.5) is 4.39 Å². The second-order valence-corrected chi connectivity index (χ2v) is 9.05. The van der Waals surface area contributed by atoms with Gasteiger partial charge in [-0.1, -0.05) is 32.9 Å². The van der Waals surface area contributed by atoms with Crippen LogP contribution in [0.1, 0.15) is 50.9 Å². The molecule has 1 saturated heterocycles. The third kappa shape index (κ3) is 5.57. The van der Waals surface area contributed by atoms with Gasteiger partial charge >= 0.3 is 0 Å². The number of methoxy groups -OCH3 is 1. The second kappa shape index (κ2) is 9.56. The van der Waals surface area contributed by atoms with E-state index in [4.69, 9.17) is 4.74 Å². The lowest BCUT2D eigenvalue weighted by Gasteiger charge is -2.38. The van der Waals surface area contributed by atoms with Crippen molar-refractivity contribution < 1.29 is 13.9 Å². The Morgan fingerprint density at radius 3 is 2.77 bits per heavy atom. The lowest BCUT2D eigenvalue weighted by molar-refractivity contribution is -0.130. The van der Waals surface area contributed by atoms with Crippen molar-refractivity contribution in [2.24, 2.45) is 11.3 Å². The minimum Gasteiger partial charge on any atom is -0.497 e. The topological polar surface area (TPSA) is 54.5 Å². The van der Waals surface area contributed by atoms with E-state index in [0.717, 1.165) is 31.6 Å². The molecule has 5 nitrogen and oxygen atoms in total. The monoisotopic (exact) mass is 413 g/mol. The van der Waals surface area contributed by atoms with Gasteiger partial charge in [0.1, 0.15) is 11.6 Å². The third-order valence-corrected chi connectivity index (χ3v) is 5.64. The fourth-order valence-electron chi connectivity index (χ4n) is 3.88. The van der Waals surface area contributed by atoms with E-state index in [0.29, 0.717) is 17.9 Å². The van der Waals surface area contributed by atoms with Crippen LogP contribution in [0.15, 0.2) is 42.6 Å². The Balaban J connectivity index is 1.76. The van der Waals surface area contributed by atoms with Crippen LogP contribution < -0.4 is 10.1 Å². The predicted octanol–water partition coefficient (Wildman–Crippen LogP) is 4.34. The number of ether oxygens (including phenoxy) is 1. The van der Waals surface area contributed by atoms with Crippen LogP contribution in [-0.4, -0.2) is 36.0 Å². The molecule has 2 atom stereocenters. The standard InChI is InChI=1S/C24H32FN3O2/c1-24(2,3)23(29)27-22(21-9-5-6-12-26-21)18-8-7-13-28(16-18)15-17-10-11-19(30-4)14-20(17)25/h5-6,9-12,14,18,22H,7-8,13,15-16H2,1-4H3,(H,27,29)/t18-,22-/m0/s1. The number of amides is 1. The summed E-state index contributed by atoms with van der Waals surface area (Å²) in [5.74, 6) is 0.490. The van der Waals surface area contributed by atoms with Crippen LogP contribution in [0.25, 0.3) is 0 Å². The fraction of sp³-hybridized carbons (Fsp3) is 0.500. The van der Waals surface area contributed by atoms with Crippen molar-refractivity contribution in [3.63, 3.8) is 0 Å². The van der Waals surface area contributed by atoms with Gasteiger partial charge in [0, 0.05) is 36.3 Å². The molecule has 1 aromatic carbocycles. The molecule has 0 unspecified atom stereocenters. The highest BCUT2D eigenvalue weighted by atomic mass is 19.1. The van der Waals surface area contributed by atoms with E-state index in [-0.39, 0.29) is 23.7 Å². The molecule has 1 aliphatic rings. The summed E-state index contributed by atoms with van der Waals surface area (Å²) in [4.78, 5) is 19.5. The van der Waals surface area contributed by atoms with E-state index in [1.165, 1.54) is 13.2 Å². The van der Waals surface area contributed by atoms with Gasteiger partial charge in [-0.15, -0.1) is 0 Å². The minimum absolute atomic E-state index is 0.0106. The van der Waals surface area contributed by atoms with Crippen LogP contribution in [-0.2, 0) is 11.3 Å². The fourth-order valence-corrected chi connectivity index (χ4v) is 3.88. The molecular weight excluding hydrogens is 381 g/mol. The predicted molar refractivity (Wildman–Crippen MR) is 116 cm³/mol. The van der Waals surface area contributed by atoms with Crippen molar-refractivity contribution in [1.29, 1.82) is 0 Å². The van der Waals surface area contributed by atoms with Crippen LogP contribution >= 0.6 is 0 Å². The zero-order valence-corrected chi connectivity index (χ0v) is 18.3. The van der Waals surface area contributed by atoms with E-state index in [1.807, 2.05) is 39.0 Å². The summed E-state index contributed by atoms with van der Waals surface area (Å²) >= 11 is 0. The summed E-state index contributed by atoms with van der Waals surface area (Å²) in [5.41, 5.74) is 1.05. The van der Waals surface area contributed by atoms with Gasteiger partial charge in [0.05, 0.1) is 18.8 Å². The molecule has 30 heavy (non-hydrogen) atoms. The average Bonchev–Trinajstić information content (AvgIpc) is 2.73. The first-order valence-corrected chi connectivity index (χ1v) is 10.5. The van der Waals surface area contributed by atoms with Crippen LogP contribution in [0, 0.1) is 17.2 Å². The number of hydrogen-bond donors (Lipinski definition) is 1. The Hall–Kier alpha value is -2.47. The highest BCUT2D eigenvalue weighted by Crippen LogP contribution is 2.31. The number of pyridine rings is 1. The summed E-state index contributed by atoms with van der Waals surface area (Å²) in [5, 5.41) is 3.24. The lowest BCUT2D eigenvalue weighted by Crippen LogP contribution is -2.45. The van der Waals surface area contributed by atoms with Gasteiger partial charge in [-0.3, -0.25) is 14.7 Å². The van der Waals surface area contributed by atoms with Crippen molar-refractivity contribution in [3.8, 4) is 5.75 Å². The van der Waals surface area contributed by atoms with Crippen molar-refractivity contribution in [2.45, 2.75) is 46.2 Å². The van der Waals surface area contributed by atoms with Gasteiger partial charge in [0.2, 0.25) is 5.91 Å². The first-order chi connectivity index (χ1) is 14.3. The van der Waals surface area contributed by atoms with Crippen molar-refractivity contribution in [3.05, 3.63) is 59.7 Å². The molecule has 0 spiro atoms. The van der Waals surface area contributed by atoms with E-state index in [9.17, 15) is 9.18 Å². The van der Waals surface area contributed by atoms with Crippen molar-refractivity contribution >= 4 is 5.91 Å². The van der Waals surface area contributed by atoms with E-state index < -0.39 is 5.41 Å². The molecule has 6 heteroatoms. The number of carbonyl (C=O) groups excluding carboxylic acids is 1. The number of hydrogen-bond acceptors (Lipinski definition) is 4. The summed E-state index contributed by atoms with van der Waals surface area (Å²) in [6.07, 6.45) is 3.75. The molecule has 2 heterocycles. The number of nitrogens with zero attached hydrogens (tertiary/aromatic N) is 2. The first kappa shape index (κ1) is 22.2. The molecule has 1 amide bonds. The number of halogens is 1. The molecule has 3 rings (SSSR count). The smallest absolute Gasteiger partial charge is 0.225 e. The summed E-state index contributed by atoms with van der Waals surface area (Å²) in [6, 6.07) is 10.6. The van der Waals surface area contributed by atoms with Crippen LogP contribution in [0.2, 0.25) is 0 Å². The normalized spacial score (nSPS) is 18.6. The molecular formula is C24H32FN3O2. The Kier molecular flexibility index (Phi) is 7.08. The number of piperidine rings is 1. The van der Waals surface area contributed by atoms with Gasteiger partial charge < -0.3 is 10.1 Å². The molecule has 0 saturated carbocycles. The zero-order chi connectivity index (χ0) is 21.7. The van der Waals surface area contributed by atoms with Gasteiger partial charge in [0.15, 0.2) is 0 Å². The van der Waals surface area contributed by atoms with Gasteiger partial charge in [-0.2, -0.15) is 0 Å². The molecule has 0 bridgehead atoms. The second-order valence-electron chi connectivity index (χ2n) is 9.05. The molecule has 1 aliphatic heterocycles. The summed E-state index contributed by atoms with van der Waals surface area (Å²) < 4.78 is 19.5. The van der Waals surface area contributed by atoms with E-state index in [1.54, 1.807) is 18.3 Å². The molecule has 162 valence electrons. The Bertz CT molecular complexity index is 851. The number of nitrogens with one attached hydrogen (secondary N) is 1. The molecule has 1 aromatic heterocycles. The zero-order valence-electron chi connectivity index (χ0n) is 18.3. The maximum atomic E-state index is 14.4. The highest BCUT2D eigenvalue weighted by molar-refractivity contribution is 5.81. The number of benzene rings is 1. The van der Waals surface area contributed by atoms with Crippen LogP contribution in [0.3, 0.4) is 0 Å². The highest BCUT2D eigenvalue weighted by Gasteiger charge is 2.33. The lowest BCUT2D eigenvalue weighted by atomic mass is 9.86. The average molecular weight is 414 g/mol. The Morgan fingerprint density at radius 2 is 2.13 bits per heavy atom. The van der Waals surface area contributed by atoms with Gasteiger partial charge in [-0.05, 0) is 43.5 Å². The molecule has 1 fully saturated rings. The number of likely N-dealkylation sites (tertiary alicyclic amines) is 1. The molecule has 1 N–H and O–H groups in total. The maximum absolute atomic E-state index is 14.4. The van der Waals surface area contributed by atoms with Gasteiger partial charge in [-0.25, -0.2) is 4.39 Å². The maximum Gasteiger partial charge on any atom is 0.225 e. The largest absolute Gasteiger partial charge is 0.497 e. The number of carbonyl (C=O) groups is 1. The van der Waals surface area contributed by atoms with Crippen LogP contribution in [0.5, 0.6) is 5.75 Å². The quantitative estimate of drug-likeness (QED) is 0.765. The Labute approximate surface area is 178 Å². The molecule has 0 radical (unpaired) electrons. The first-order valence-electron chi connectivity index (χ1n) is 10.5. The molecule has 2 aromatic rings. The summed E-state index contributed by atoms with van der Waals surface area (Å²) in [7, 11) is 1.54. The third-order valence-electron chi connectivity index (χ3n) is 5.64. The van der Waals surface area contributed by atoms with Gasteiger partial charge in [0.25, 0.3) is 0 Å². The summed E-state index contributed by atoms with van der Waals surface area (Å²) in [6.45, 7) is 7.96. The number of aromatic nitrogens is 1. The van der Waals surface area contributed by atoms with E-state index >= 15 is 0 Å². The van der Waals surface area contributed by atoms with Crippen molar-refractivity contribution in [1.82, 2.24) is 15.2 Å². The number of rotatable bonds is 6. The van der Waals surface area contributed by atoms with E-state index in [2.05, 4.69) is 15.2 Å². The SMILES string of the molecule is COc1ccc(CN2CCC[C@H]([C@H](NC(=O)C(C)(C)C)c3ccccn3)C2)c(F)c1. The van der Waals surface area contributed by atoms with Crippen molar-refractivity contribution in [2.75, 3.05) is 20.2 Å². The molecule has 0 aliphatic carbocycles. The Morgan fingerprint density at radius 1 is 1.33 bits per heavy atom. The minimum atomic E-state index is -0.479.